The molecule has 1 atom stereocenters. The van der Waals surface area contributed by atoms with E-state index < -0.39 is 11.2 Å². The Labute approximate surface area is 78.2 Å². The molecule has 0 aliphatic rings. The van der Waals surface area contributed by atoms with Gasteiger partial charge in [-0.3, -0.25) is 4.79 Å². The highest BCUT2D eigenvalue weighted by atomic mass is 35.5. The van der Waals surface area contributed by atoms with Crippen molar-refractivity contribution < 1.29 is 9.90 Å². The molecule has 0 aliphatic carbocycles. The lowest BCUT2D eigenvalue weighted by molar-refractivity contribution is -0.136. The third-order valence-electron chi connectivity index (χ3n) is 1.10. The van der Waals surface area contributed by atoms with Crippen LogP contribution in [0.25, 0.3) is 0 Å². The lowest BCUT2D eigenvalue weighted by Gasteiger charge is -1.99. The second-order valence-corrected chi connectivity index (χ2v) is 4.15. The van der Waals surface area contributed by atoms with Gasteiger partial charge in [0, 0.05) is 4.88 Å². The highest BCUT2D eigenvalue weighted by Crippen LogP contribution is 2.30. The van der Waals surface area contributed by atoms with Crippen molar-refractivity contribution in [3.63, 3.8) is 0 Å². The molecule has 0 saturated carbocycles. The molecule has 0 amide bonds. The predicted molar refractivity (Wildman–Crippen MR) is 48.7 cm³/mol. The van der Waals surface area contributed by atoms with E-state index >= 15 is 0 Å². The topological polar surface area (TPSA) is 37.3 Å². The summed E-state index contributed by atoms with van der Waals surface area (Å²) in [6.07, 6.45) is 0. The van der Waals surface area contributed by atoms with Crippen LogP contribution >= 0.6 is 35.6 Å². The first-order valence-corrected chi connectivity index (χ1v) is 4.48. The molecule has 1 heterocycles. The van der Waals surface area contributed by atoms with E-state index in [1.54, 1.807) is 12.1 Å². The molecule has 1 unspecified atom stereocenters. The van der Waals surface area contributed by atoms with Gasteiger partial charge in [-0.1, -0.05) is 11.6 Å². The summed E-state index contributed by atoms with van der Waals surface area (Å²) in [6.45, 7) is 0. The summed E-state index contributed by atoms with van der Waals surface area (Å²) in [4.78, 5) is 11.1. The van der Waals surface area contributed by atoms with Crippen molar-refractivity contribution >= 4 is 41.5 Å². The smallest absolute Gasteiger partial charge is 0.321 e. The van der Waals surface area contributed by atoms with Crippen molar-refractivity contribution in [2.24, 2.45) is 0 Å². The number of halogens is 1. The number of hydrogen-bond acceptors (Lipinski definition) is 3. The van der Waals surface area contributed by atoms with Crippen molar-refractivity contribution in [1.82, 2.24) is 0 Å². The Bertz CT molecular complexity index is 271. The van der Waals surface area contributed by atoms with Crippen LogP contribution < -0.4 is 0 Å². The number of hydrogen-bond donors (Lipinski definition) is 2. The first kappa shape index (κ1) is 8.90. The van der Waals surface area contributed by atoms with Gasteiger partial charge in [0.05, 0.1) is 4.34 Å². The van der Waals surface area contributed by atoms with Gasteiger partial charge in [0.15, 0.2) is 0 Å². The summed E-state index contributed by atoms with van der Waals surface area (Å²) >= 11 is 10.7. The van der Waals surface area contributed by atoms with Gasteiger partial charge in [0.1, 0.15) is 5.25 Å². The molecule has 0 bridgehead atoms. The number of thiophene rings is 1. The molecule has 0 aliphatic heterocycles. The molecule has 1 N–H and O–H groups in total. The van der Waals surface area contributed by atoms with Gasteiger partial charge in [0.25, 0.3) is 0 Å². The second kappa shape index (κ2) is 3.47. The molecule has 0 radical (unpaired) electrons. The zero-order valence-electron chi connectivity index (χ0n) is 5.32. The summed E-state index contributed by atoms with van der Waals surface area (Å²) in [5.41, 5.74) is 0. The minimum absolute atomic E-state index is 0.584. The van der Waals surface area contributed by atoms with Crippen LogP contribution in [-0.4, -0.2) is 11.1 Å². The number of carboxylic acids is 1. The number of thiol groups is 1. The Morgan fingerprint density at radius 2 is 2.36 bits per heavy atom. The fourth-order valence-corrected chi connectivity index (χ4v) is 1.88. The number of carboxylic acid groups (broad SMARTS) is 1. The van der Waals surface area contributed by atoms with E-state index in [9.17, 15) is 4.79 Å². The molecular weight excluding hydrogens is 204 g/mol. The third-order valence-corrected chi connectivity index (χ3v) is 3.07. The van der Waals surface area contributed by atoms with Crippen LogP contribution in [0.4, 0.5) is 0 Å². The first-order valence-electron chi connectivity index (χ1n) is 2.77. The largest absolute Gasteiger partial charge is 0.480 e. The predicted octanol–water partition coefficient (Wildman–Crippen LogP) is 2.46. The van der Waals surface area contributed by atoms with Crippen molar-refractivity contribution in [1.29, 1.82) is 0 Å². The zero-order valence-corrected chi connectivity index (χ0v) is 7.79. The number of carbonyl (C=O) groups is 1. The van der Waals surface area contributed by atoms with E-state index in [1.807, 2.05) is 0 Å². The summed E-state index contributed by atoms with van der Waals surface area (Å²) in [5, 5.41) is 7.77. The van der Waals surface area contributed by atoms with Gasteiger partial charge in [-0.2, -0.15) is 12.6 Å². The van der Waals surface area contributed by atoms with Crippen LogP contribution in [0.5, 0.6) is 0 Å². The Balaban J connectivity index is 2.84. The monoisotopic (exact) mass is 208 g/mol. The maximum absolute atomic E-state index is 10.4. The maximum Gasteiger partial charge on any atom is 0.321 e. The van der Waals surface area contributed by atoms with E-state index in [4.69, 9.17) is 16.7 Å². The van der Waals surface area contributed by atoms with Crippen LogP contribution in [0.2, 0.25) is 4.34 Å². The zero-order chi connectivity index (χ0) is 8.43. The van der Waals surface area contributed by atoms with E-state index in [0.29, 0.717) is 9.21 Å². The summed E-state index contributed by atoms with van der Waals surface area (Å²) in [7, 11) is 0. The normalized spacial score (nSPS) is 12.9. The molecule has 1 aromatic heterocycles. The Kier molecular flexibility index (Phi) is 2.81. The fourth-order valence-electron chi connectivity index (χ4n) is 0.597. The van der Waals surface area contributed by atoms with Gasteiger partial charge < -0.3 is 5.11 Å². The molecule has 0 saturated heterocycles. The molecule has 0 aromatic carbocycles. The van der Waals surface area contributed by atoms with Crippen LogP contribution in [0, 0.1) is 0 Å². The van der Waals surface area contributed by atoms with Crippen molar-refractivity contribution in [3.8, 4) is 0 Å². The van der Waals surface area contributed by atoms with Crippen LogP contribution in [-0.2, 0) is 4.79 Å². The van der Waals surface area contributed by atoms with Crippen LogP contribution in [0.3, 0.4) is 0 Å². The maximum atomic E-state index is 10.4. The minimum atomic E-state index is -0.952. The quantitative estimate of drug-likeness (QED) is 0.733. The van der Waals surface area contributed by atoms with Gasteiger partial charge in [-0.05, 0) is 12.1 Å². The molecular formula is C6H5ClO2S2. The minimum Gasteiger partial charge on any atom is -0.480 e. The van der Waals surface area contributed by atoms with E-state index in [1.165, 1.54) is 11.3 Å². The average molecular weight is 209 g/mol. The van der Waals surface area contributed by atoms with E-state index in [-0.39, 0.29) is 0 Å². The Morgan fingerprint density at radius 1 is 1.73 bits per heavy atom. The van der Waals surface area contributed by atoms with Crippen molar-refractivity contribution in [2.75, 3.05) is 0 Å². The molecule has 1 rings (SSSR count). The molecule has 0 fully saturated rings. The lowest BCUT2D eigenvalue weighted by Crippen LogP contribution is -2.02. The molecule has 60 valence electrons. The molecule has 11 heavy (non-hydrogen) atoms. The Hall–Kier alpha value is -0.190. The average Bonchev–Trinajstić information content (AvgIpc) is 2.34. The summed E-state index contributed by atoms with van der Waals surface area (Å²) in [5.74, 6) is -0.952. The van der Waals surface area contributed by atoms with Gasteiger partial charge in [0.2, 0.25) is 0 Å². The van der Waals surface area contributed by atoms with E-state index in [2.05, 4.69) is 12.6 Å². The van der Waals surface area contributed by atoms with Crippen molar-refractivity contribution in [3.05, 3.63) is 21.3 Å². The second-order valence-electron chi connectivity index (χ2n) is 1.88. The van der Waals surface area contributed by atoms with Gasteiger partial charge in [-0.15, -0.1) is 11.3 Å². The molecule has 2 nitrogen and oxygen atoms in total. The highest BCUT2D eigenvalue weighted by molar-refractivity contribution is 7.81. The molecule has 1 aromatic rings. The molecule has 5 heteroatoms. The number of rotatable bonds is 2. The van der Waals surface area contributed by atoms with Gasteiger partial charge >= 0.3 is 5.97 Å². The summed E-state index contributed by atoms with van der Waals surface area (Å²) < 4.78 is 0.584. The van der Waals surface area contributed by atoms with Crippen LogP contribution in [0.1, 0.15) is 10.1 Å². The fraction of sp³-hybridized carbons (Fsp3) is 0.167. The SMILES string of the molecule is O=C(O)C(S)c1ccc(Cl)s1. The Morgan fingerprint density at radius 3 is 2.73 bits per heavy atom. The van der Waals surface area contributed by atoms with Crippen molar-refractivity contribution in [2.45, 2.75) is 5.25 Å². The number of aliphatic carboxylic acids is 1. The first-order chi connectivity index (χ1) is 5.11. The standard InChI is InChI=1S/C6H5ClO2S2/c7-4-2-1-3(11-4)5(10)6(8)9/h1-2,5,10H,(H,8,9). The highest BCUT2D eigenvalue weighted by Gasteiger charge is 2.16. The lowest BCUT2D eigenvalue weighted by atomic mass is 10.3. The van der Waals surface area contributed by atoms with Gasteiger partial charge in [-0.25, -0.2) is 0 Å². The van der Waals surface area contributed by atoms with Crippen LogP contribution in [0.15, 0.2) is 12.1 Å². The third kappa shape index (κ3) is 2.12. The summed E-state index contributed by atoms with van der Waals surface area (Å²) in [6, 6.07) is 3.33. The van der Waals surface area contributed by atoms with E-state index in [0.717, 1.165) is 0 Å². The molecule has 0 spiro atoms.